The number of hydrogen-bond acceptors (Lipinski definition) is 6. The van der Waals surface area contributed by atoms with Crippen molar-refractivity contribution in [2.24, 2.45) is 7.05 Å². The average molecular weight is 406 g/mol. The molecular weight excluding hydrogens is 384 g/mol. The molecule has 0 atom stereocenters. The van der Waals surface area contributed by atoms with E-state index in [2.05, 4.69) is 9.97 Å². The Kier molecular flexibility index (Phi) is 4.77. The van der Waals surface area contributed by atoms with Crippen molar-refractivity contribution in [3.05, 3.63) is 73.9 Å². The van der Waals surface area contributed by atoms with E-state index >= 15 is 0 Å². The Morgan fingerprint density at radius 2 is 1.77 bits per heavy atom. The fourth-order valence-corrected chi connectivity index (χ4v) is 3.54. The van der Waals surface area contributed by atoms with E-state index in [-0.39, 0.29) is 12.1 Å². The lowest BCUT2D eigenvalue weighted by Crippen LogP contribution is -2.40. The second kappa shape index (κ2) is 7.29. The van der Waals surface area contributed by atoms with Gasteiger partial charge >= 0.3 is 5.69 Å². The summed E-state index contributed by atoms with van der Waals surface area (Å²) in [5.74, 6) is 1.70. The molecule has 4 aromatic rings. The first-order valence-electron chi connectivity index (χ1n) is 9.48. The van der Waals surface area contributed by atoms with Gasteiger partial charge in [-0.1, -0.05) is 0 Å². The molecule has 0 amide bonds. The predicted molar refractivity (Wildman–Crippen MR) is 113 cm³/mol. The van der Waals surface area contributed by atoms with Crippen molar-refractivity contribution in [3.63, 3.8) is 0 Å². The van der Waals surface area contributed by atoms with Crippen LogP contribution in [0.3, 0.4) is 0 Å². The van der Waals surface area contributed by atoms with E-state index in [0.29, 0.717) is 28.4 Å². The summed E-state index contributed by atoms with van der Waals surface area (Å²) in [4.78, 5) is 35.0. The van der Waals surface area contributed by atoms with Crippen LogP contribution in [0.15, 0.2) is 44.3 Å². The highest BCUT2D eigenvalue weighted by Crippen LogP contribution is 2.24. The molecule has 0 saturated carbocycles. The number of pyridine rings is 1. The Morgan fingerprint density at radius 1 is 1.07 bits per heavy atom. The highest BCUT2D eigenvalue weighted by Gasteiger charge is 2.18. The Hall–Kier alpha value is -3.68. The van der Waals surface area contributed by atoms with Crippen LogP contribution in [0.4, 0.5) is 0 Å². The minimum atomic E-state index is -0.446. The molecule has 0 radical (unpaired) electrons. The second-order valence-electron chi connectivity index (χ2n) is 7.26. The maximum atomic E-state index is 13.1. The highest BCUT2D eigenvalue weighted by molar-refractivity contribution is 5.78. The lowest BCUT2D eigenvalue weighted by Gasteiger charge is -2.11. The Bertz CT molecular complexity index is 1380. The fourth-order valence-electron chi connectivity index (χ4n) is 3.54. The summed E-state index contributed by atoms with van der Waals surface area (Å²) in [7, 11) is 3.22. The van der Waals surface area contributed by atoms with E-state index in [1.165, 1.54) is 9.13 Å². The van der Waals surface area contributed by atoms with Crippen molar-refractivity contribution < 1.29 is 9.15 Å². The molecule has 1 aromatic carbocycles. The second-order valence-corrected chi connectivity index (χ2v) is 7.26. The minimum absolute atomic E-state index is 0.0141. The van der Waals surface area contributed by atoms with Crippen molar-refractivity contribution in [1.29, 1.82) is 0 Å². The number of fused-ring (bicyclic) bond motifs is 1. The molecule has 0 bridgehead atoms. The zero-order chi connectivity index (χ0) is 21.6. The van der Waals surface area contributed by atoms with Crippen molar-refractivity contribution in [1.82, 2.24) is 19.1 Å². The number of hydrogen-bond donors (Lipinski definition) is 0. The van der Waals surface area contributed by atoms with Gasteiger partial charge in [0.05, 0.1) is 19.0 Å². The summed E-state index contributed by atoms with van der Waals surface area (Å²) >= 11 is 0. The topological polar surface area (TPSA) is 92.2 Å². The molecule has 8 heteroatoms. The monoisotopic (exact) mass is 406 g/mol. The number of aromatic nitrogens is 4. The van der Waals surface area contributed by atoms with Crippen LogP contribution in [0.25, 0.3) is 22.5 Å². The van der Waals surface area contributed by atoms with Crippen LogP contribution in [0.2, 0.25) is 0 Å². The van der Waals surface area contributed by atoms with Crippen LogP contribution in [0.5, 0.6) is 5.75 Å². The van der Waals surface area contributed by atoms with E-state index in [0.717, 1.165) is 22.6 Å². The van der Waals surface area contributed by atoms with Crippen molar-refractivity contribution >= 4 is 11.0 Å². The van der Waals surface area contributed by atoms with Gasteiger partial charge in [-0.15, -0.1) is 0 Å². The van der Waals surface area contributed by atoms with Gasteiger partial charge in [-0.05, 0) is 56.7 Å². The SMILES string of the molecule is COc1ccc(-c2nc(Cn3c(=O)c4c(C)cc(C)nc4n(C)c3=O)c(C)o2)cc1. The number of methoxy groups -OCH3 is 1. The first kappa shape index (κ1) is 19.6. The van der Waals surface area contributed by atoms with E-state index in [4.69, 9.17) is 9.15 Å². The van der Waals surface area contributed by atoms with Crippen LogP contribution < -0.4 is 16.0 Å². The molecule has 154 valence electrons. The number of benzene rings is 1. The van der Waals surface area contributed by atoms with Crippen LogP contribution in [-0.2, 0) is 13.6 Å². The molecule has 3 aromatic heterocycles. The van der Waals surface area contributed by atoms with E-state index in [1.807, 2.05) is 44.2 Å². The zero-order valence-corrected chi connectivity index (χ0v) is 17.5. The average Bonchev–Trinajstić information content (AvgIpc) is 3.09. The van der Waals surface area contributed by atoms with Gasteiger partial charge in [0.2, 0.25) is 5.89 Å². The molecule has 0 spiro atoms. The van der Waals surface area contributed by atoms with Crippen molar-refractivity contribution in [3.8, 4) is 17.2 Å². The zero-order valence-electron chi connectivity index (χ0n) is 17.5. The van der Waals surface area contributed by atoms with Gasteiger partial charge in [0.15, 0.2) is 0 Å². The molecule has 8 nitrogen and oxygen atoms in total. The minimum Gasteiger partial charge on any atom is -0.497 e. The highest BCUT2D eigenvalue weighted by atomic mass is 16.5. The quantitative estimate of drug-likeness (QED) is 0.517. The summed E-state index contributed by atoms with van der Waals surface area (Å²) in [5, 5.41) is 0.430. The Balaban J connectivity index is 1.81. The molecule has 30 heavy (non-hydrogen) atoms. The third-order valence-corrected chi connectivity index (χ3v) is 5.16. The first-order valence-corrected chi connectivity index (χ1v) is 9.48. The number of rotatable bonds is 4. The lowest BCUT2D eigenvalue weighted by atomic mass is 10.1. The number of ether oxygens (including phenoxy) is 1. The summed E-state index contributed by atoms with van der Waals surface area (Å²) in [5.41, 5.74) is 2.39. The predicted octanol–water partition coefficient (Wildman–Crippen LogP) is 2.73. The molecule has 3 heterocycles. The van der Waals surface area contributed by atoms with Crippen LogP contribution in [-0.4, -0.2) is 26.2 Å². The number of oxazole rings is 1. The molecule has 0 aliphatic carbocycles. The Labute approximate surface area is 172 Å². The van der Waals surface area contributed by atoms with Gasteiger partial charge in [-0.2, -0.15) is 0 Å². The largest absolute Gasteiger partial charge is 0.497 e. The molecule has 0 unspecified atom stereocenters. The number of aryl methyl sites for hydroxylation is 4. The van der Waals surface area contributed by atoms with E-state index in [1.54, 1.807) is 21.1 Å². The van der Waals surface area contributed by atoms with E-state index in [9.17, 15) is 9.59 Å². The molecular formula is C22H22N4O4. The standard InChI is InChI=1S/C22H22N4O4/c1-12-10-13(2)23-19-18(12)21(27)26(22(28)25(19)4)11-17-14(3)30-20(24-17)15-6-8-16(29-5)9-7-15/h6-10H,11H2,1-5H3. The fraction of sp³-hybridized carbons (Fsp3) is 0.273. The van der Waals surface area contributed by atoms with Crippen molar-refractivity contribution in [2.75, 3.05) is 7.11 Å². The lowest BCUT2D eigenvalue weighted by molar-refractivity contribution is 0.415. The normalized spacial score (nSPS) is 11.2. The third kappa shape index (κ3) is 3.20. The summed E-state index contributed by atoms with van der Waals surface area (Å²) in [6.45, 7) is 5.46. The van der Waals surface area contributed by atoms with Crippen LogP contribution in [0.1, 0.15) is 22.7 Å². The van der Waals surface area contributed by atoms with Gasteiger partial charge in [-0.3, -0.25) is 13.9 Å². The maximum absolute atomic E-state index is 13.1. The molecule has 0 aliphatic heterocycles. The molecule has 0 fully saturated rings. The van der Waals surface area contributed by atoms with Gasteiger partial charge in [0.25, 0.3) is 5.56 Å². The van der Waals surface area contributed by atoms with Gasteiger partial charge < -0.3 is 9.15 Å². The summed E-state index contributed by atoms with van der Waals surface area (Å²) in [6, 6.07) is 9.15. The Morgan fingerprint density at radius 3 is 2.43 bits per heavy atom. The molecule has 0 saturated heterocycles. The molecule has 0 N–H and O–H groups in total. The third-order valence-electron chi connectivity index (χ3n) is 5.16. The van der Waals surface area contributed by atoms with E-state index < -0.39 is 5.69 Å². The summed E-state index contributed by atoms with van der Waals surface area (Å²) < 4.78 is 13.5. The van der Waals surface area contributed by atoms with Crippen LogP contribution >= 0.6 is 0 Å². The first-order chi connectivity index (χ1) is 14.3. The summed E-state index contributed by atoms with van der Waals surface area (Å²) in [6.07, 6.45) is 0. The maximum Gasteiger partial charge on any atom is 0.332 e. The smallest absolute Gasteiger partial charge is 0.332 e. The van der Waals surface area contributed by atoms with Gasteiger partial charge in [-0.25, -0.2) is 14.8 Å². The molecule has 0 aliphatic rings. The van der Waals surface area contributed by atoms with Crippen molar-refractivity contribution in [2.45, 2.75) is 27.3 Å². The van der Waals surface area contributed by atoms with Gasteiger partial charge in [0, 0.05) is 18.3 Å². The van der Waals surface area contributed by atoms with Crippen LogP contribution in [0, 0.1) is 20.8 Å². The molecule has 4 rings (SSSR count). The van der Waals surface area contributed by atoms with Gasteiger partial charge in [0.1, 0.15) is 22.9 Å². The number of nitrogens with zero attached hydrogens (tertiary/aromatic N) is 4.